The van der Waals surface area contributed by atoms with Gasteiger partial charge in [-0.05, 0) is 38.5 Å². The molecule has 22 heavy (non-hydrogen) atoms. The molecule has 0 aromatic carbocycles. The molecule has 0 spiro atoms. The predicted molar refractivity (Wildman–Crippen MR) is 96.0 cm³/mol. The second-order valence-electron chi connectivity index (χ2n) is 6.08. The van der Waals surface area contributed by atoms with Crippen LogP contribution in [0.2, 0.25) is 0 Å². The Morgan fingerprint density at radius 3 is 1.91 bits per heavy atom. The normalized spacial score (nSPS) is 11.0. The third kappa shape index (κ3) is 13.9. The number of carbonyl (C=O) groups excluding carboxylic acids is 1. The average molecular weight is 309 g/mol. The lowest BCUT2D eigenvalue weighted by Crippen LogP contribution is -2.03. The van der Waals surface area contributed by atoms with Crippen molar-refractivity contribution in [2.75, 3.05) is 7.11 Å². The van der Waals surface area contributed by atoms with E-state index < -0.39 is 0 Å². The van der Waals surface area contributed by atoms with Gasteiger partial charge in [-0.25, -0.2) is 4.79 Å². The standard InChI is InChI=1S/C20H36O2/c1-4-5-6-7-8-9-10-11-12-13-14-15-16-17-18-19(2)20(21)22-3/h11-12H,2,4-10,13-18H2,1,3H3/b12-11-. The summed E-state index contributed by atoms with van der Waals surface area (Å²) >= 11 is 0. The topological polar surface area (TPSA) is 26.3 Å². The largest absolute Gasteiger partial charge is 0.466 e. The fourth-order valence-corrected chi connectivity index (χ4v) is 2.48. The number of hydrogen-bond acceptors (Lipinski definition) is 2. The Morgan fingerprint density at radius 1 is 0.864 bits per heavy atom. The lowest BCUT2D eigenvalue weighted by atomic mass is 10.1. The molecule has 0 unspecified atom stereocenters. The van der Waals surface area contributed by atoms with Crippen LogP contribution >= 0.6 is 0 Å². The van der Waals surface area contributed by atoms with E-state index in [-0.39, 0.29) is 5.97 Å². The van der Waals surface area contributed by atoms with Gasteiger partial charge in [0.15, 0.2) is 0 Å². The maximum absolute atomic E-state index is 11.1. The average Bonchev–Trinajstić information content (AvgIpc) is 2.54. The van der Waals surface area contributed by atoms with Crippen LogP contribution in [0.4, 0.5) is 0 Å². The third-order valence-corrected chi connectivity index (χ3v) is 3.96. The molecule has 0 aliphatic carbocycles. The van der Waals surface area contributed by atoms with Gasteiger partial charge in [0.2, 0.25) is 0 Å². The first-order valence-corrected chi connectivity index (χ1v) is 9.13. The van der Waals surface area contributed by atoms with Crippen LogP contribution in [-0.4, -0.2) is 13.1 Å². The number of unbranched alkanes of at least 4 members (excludes halogenated alkanes) is 10. The summed E-state index contributed by atoms with van der Waals surface area (Å²) in [7, 11) is 1.41. The van der Waals surface area contributed by atoms with Gasteiger partial charge in [-0.2, -0.15) is 0 Å². The van der Waals surface area contributed by atoms with Gasteiger partial charge in [0.1, 0.15) is 0 Å². The van der Waals surface area contributed by atoms with Crippen LogP contribution in [0.5, 0.6) is 0 Å². The molecule has 0 saturated heterocycles. The highest BCUT2D eigenvalue weighted by Crippen LogP contribution is 2.11. The first kappa shape index (κ1) is 20.9. The lowest BCUT2D eigenvalue weighted by Gasteiger charge is -2.03. The maximum Gasteiger partial charge on any atom is 0.333 e. The van der Waals surface area contributed by atoms with Crippen LogP contribution in [0.1, 0.15) is 90.4 Å². The summed E-state index contributed by atoms with van der Waals surface area (Å²) in [6, 6.07) is 0. The van der Waals surface area contributed by atoms with E-state index in [4.69, 9.17) is 0 Å². The number of ether oxygens (including phenoxy) is 1. The highest BCUT2D eigenvalue weighted by Gasteiger charge is 2.04. The number of carbonyl (C=O) groups is 1. The van der Waals surface area contributed by atoms with E-state index in [1.807, 2.05) is 0 Å². The Hall–Kier alpha value is -1.05. The minimum absolute atomic E-state index is 0.266. The van der Waals surface area contributed by atoms with Gasteiger partial charge in [-0.15, -0.1) is 0 Å². The van der Waals surface area contributed by atoms with Crippen molar-refractivity contribution >= 4 is 5.97 Å². The first-order chi connectivity index (χ1) is 10.7. The van der Waals surface area contributed by atoms with Gasteiger partial charge in [-0.1, -0.05) is 70.6 Å². The smallest absolute Gasteiger partial charge is 0.333 e. The van der Waals surface area contributed by atoms with Gasteiger partial charge in [0.05, 0.1) is 7.11 Å². The Kier molecular flexibility index (Phi) is 15.5. The highest BCUT2D eigenvalue weighted by atomic mass is 16.5. The number of rotatable bonds is 15. The van der Waals surface area contributed by atoms with Crippen molar-refractivity contribution in [1.29, 1.82) is 0 Å². The molecule has 0 heterocycles. The van der Waals surface area contributed by atoms with E-state index >= 15 is 0 Å². The van der Waals surface area contributed by atoms with Crippen LogP contribution in [0.25, 0.3) is 0 Å². The Balaban J connectivity index is 3.24. The van der Waals surface area contributed by atoms with E-state index in [1.54, 1.807) is 0 Å². The molecule has 0 atom stereocenters. The quantitative estimate of drug-likeness (QED) is 0.152. The van der Waals surface area contributed by atoms with Crippen LogP contribution < -0.4 is 0 Å². The van der Waals surface area contributed by atoms with Crippen LogP contribution in [-0.2, 0) is 9.53 Å². The molecular formula is C20H36O2. The number of esters is 1. The zero-order chi connectivity index (χ0) is 16.5. The lowest BCUT2D eigenvalue weighted by molar-refractivity contribution is -0.136. The Bertz CT molecular complexity index is 305. The molecule has 2 nitrogen and oxygen atoms in total. The molecule has 0 saturated carbocycles. The van der Waals surface area contributed by atoms with Crippen molar-refractivity contribution in [3.8, 4) is 0 Å². The van der Waals surface area contributed by atoms with Gasteiger partial charge < -0.3 is 4.74 Å². The van der Waals surface area contributed by atoms with Crippen LogP contribution in [0, 0.1) is 0 Å². The van der Waals surface area contributed by atoms with Gasteiger partial charge in [-0.3, -0.25) is 0 Å². The number of hydrogen-bond donors (Lipinski definition) is 0. The van der Waals surface area contributed by atoms with E-state index in [1.165, 1.54) is 77.7 Å². The van der Waals surface area contributed by atoms with Crippen molar-refractivity contribution in [2.45, 2.75) is 90.4 Å². The summed E-state index contributed by atoms with van der Waals surface area (Å²) in [4.78, 5) is 11.1. The van der Waals surface area contributed by atoms with Gasteiger partial charge >= 0.3 is 5.97 Å². The monoisotopic (exact) mass is 308 g/mol. The molecule has 0 N–H and O–H groups in total. The third-order valence-electron chi connectivity index (χ3n) is 3.96. The summed E-state index contributed by atoms with van der Waals surface area (Å²) in [5, 5.41) is 0. The van der Waals surface area contributed by atoms with Crippen molar-refractivity contribution in [3.63, 3.8) is 0 Å². The van der Waals surface area contributed by atoms with E-state index in [9.17, 15) is 4.79 Å². The minimum Gasteiger partial charge on any atom is -0.466 e. The minimum atomic E-state index is -0.266. The molecule has 0 amide bonds. The summed E-state index contributed by atoms with van der Waals surface area (Å²) in [6.07, 6.45) is 20.8. The second kappa shape index (κ2) is 16.3. The Morgan fingerprint density at radius 2 is 1.36 bits per heavy atom. The molecule has 128 valence electrons. The van der Waals surface area contributed by atoms with Gasteiger partial charge in [0, 0.05) is 5.57 Å². The van der Waals surface area contributed by atoms with Crippen molar-refractivity contribution in [3.05, 3.63) is 24.3 Å². The van der Waals surface area contributed by atoms with Crippen LogP contribution in [0.3, 0.4) is 0 Å². The molecule has 0 aromatic heterocycles. The van der Waals surface area contributed by atoms with Crippen LogP contribution in [0.15, 0.2) is 24.3 Å². The maximum atomic E-state index is 11.1. The fraction of sp³-hybridized carbons (Fsp3) is 0.750. The van der Waals surface area contributed by atoms with Crippen molar-refractivity contribution in [2.24, 2.45) is 0 Å². The molecule has 0 fully saturated rings. The molecule has 0 aromatic rings. The molecule has 0 radical (unpaired) electrons. The molecule has 0 rings (SSSR count). The Labute approximate surface area is 138 Å². The zero-order valence-corrected chi connectivity index (χ0v) is 14.9. The number of allylic oxidation sites excluding steroid dienone is 2. The fourth-order valence-electron chi connectivity index (χ4n) is 2.48. The van der Waals surface area contributed by atoms with Gasteiger partial charge in [0.25, 0.3) is 0 Å². The summed E-state index contributed by atoms with van der Waals surface area (Å²) in [6.45, 7) is 6.00. The van der Waals surface area contributed by atoms with Crippen molar-refractivity contribution in [1.82, 2.24) is 0 Å². The molecule has 0 bridgehead atoms. The van der Waals surface area contributed by atoms with E-state index in [0.29, 0.717) is 5.57 Å². The van der Waals surface area contributed by atoms with Crippen molar-refractivity contribution < 1.29 is 9.53 Å². The second-order valence-corrected chi connectivity index (χ2v) is 6.08. The molecule has 0 aliphatic rings. The number of methoxy groups -OCH3 is 1. The summed E-state index contributed by atoms with van der Waals surface area (Å²) in [5.74, 6) is -0.266. The first-order valence-electron chi connectivity index (χ1n) is 9.13. The molecular weight excluding hydrogens is 272 g/mol. The summed E-state index contributed by atoms with van der Waals surface area (Å²) in [5.41, 5.74) is 0.598. The SMILES string of the molecule is C=C(CCCCCC/C=C\CCCCCCCC)C(=O)OC. The summed E-state index contributed by atoms with van der Waals surface area (Å²) < 4.78 is 4.63. The predicted octanol–water partition coefficient (Wildman–Crippen LogP) is 6.36. The van der Waals surface area contributed by atoms with E-state index in [2.05, 4.69) is 30.4 Å². The molecule has 2 heteroatoms. The van der Waals surface area contributed by atoms with E-state index in [0.717, 1.165) is 12.8 Å². The highest BCUT2D eigenvalue weighted by molar-refractivity contribution is 5.87. The zero-order valence-electron chi connectivity index (χ0n) is 14.9. The molecule has 0 aliphatic heterocycles.